The Labute approximate surface area is 133 Å². The molecule has 1 rings (SSSR count). The predicted molar refractivity (Wildman–Crippen MR) is 80.9 cm³/mol. The summed E-state index contributed by atoms with van der Waals surface area (Å²) >= 11 is 0.290. The van der Waals surface area contributed by atoms with Gasteiger partial charge in [-0.15, -0.1) is 26.4 Å². The second-order valence-corrected chi connectivity index (χ2v) is 6.50. The minimum atomic E-state index is -0.0243. The summed E-state index contributed by atoms with van der Waals surface area (Å²) in [5.74, 6) is 0. The molecule has 0 N–H and O–H groups in total. The molecule has 2 nitrogen and oxygen atoms in total. The average Bonchev–Trinajstić information content (AvgIpc) is 2.96. The van der Waals surface area contributed by atoms with E-state index in [0.717, 1.165) is 0 Å². The Balaban J connectivity index is 0. The molecule has 20 heavy (non-hydrogen) atoms. The van der Waals surface area contributed by atoms with Gasteiger partial charge in [0.15, 0.2) is 0 Å². The van der Waals surface area contributed by atoms with Crippen molar-refractivity contribution in [2.75, 3.05) is 13.2 Å². The van der Waals surface area contributed by atoms with Crippen molar-refractivity contribution in [2.24, 2.45) is 0 Å². The van der Waals surface area contributed by atoms with Crippen LogP contribution in [0.3, 0.4) is 0 Å². The molecule has 0 bridgehead atoms. The van der Waals surface area contributed by atoms with E-state index >= 15 is 0 Å². The monoisotopic (exact) mass is 312 g/mol. The average molecular weight is 312 g/mol. The van der Waals surface area contributed by atoms with Crippen molar-refractivity contribution in [3.05, 3.63) is 47.4 Å². The summed E-state index contributed by atoms with van der Waals surface area (Å²) in [6.45, 7) is 8.92. The summed E-state index contributed by atoms with van der Waals surface area (Å²) in [6.07, 6.45) is 15.3. The molecule has 0 aromatic carbocycles. The van der Waals surface area contributed by atoms with E-state index in [4.69, 9.17) is 0 Å². The first-order chi connectivity index (χ1) is 9.76. The summed E-state index contributed by atoms with van der Waals surface area (Å²) in [6, 6.07) is 0. The molecule has 0 aromatic heterocycles. The first kappa shape index (κ1) is 21.9. The van der Waals surface area contributed by atoms with E-state index in [1.807, 2.05) is 0 Å². The van der Waals surface area contributed by atoms with Crippen molar-refractivity contribution < 1.29 is 29.4 Å². The summed E-state index contributed by atoms with van der Waals surface area (Å²) in [5.41, 5.74) is 0. The predicted octanol–water partition coefficient (Wildman–Crippen LogP) is 2.98. The Kier molecular flexibility index (Phi) is 22.9. The Morgan fingerprint density at radius 1 is 1.20 bits per heavy atom. The van der Waals surface area contributed by atoms with E-state index in [-0.39, 0.29) is 32.4 Å². The van der Waals surface area contributed by atoms with Crippen molar-refractivity contribution in [3.63, 3.8) is 0 Å². The van der Waals surface area contributed by atoms with Crippen molar-refractivity contribution in [1.29, 1.82) is 0 Å². The number of hydrogen-bond acceptors (Lipinski definition) is 2. The van der Waals surface area contributed by atoms with Gasteiger partial charge in [0.2, 0.25) is 0 Å². The van der Waals surface area contributed by atoms with E-state index in [1.54, 1.807) is 16.0 Å². The Morgan fingerprint density at radius 2 is 1.80 bits per heavy atom. The van der Waals surface area contributed by atoms with Crippen LogP contribution in [0.25, 0.3) is 0 Å². The first-order valence-electron chi connectivity index (χ1n) is 7.24. The molecule has 0 heterocycles. The van der Waals surface area contributed by atoms with Crippen LogP contribution in [0.5, 0.6) is 0 Å². The molecule has 0 spiro atoms. The fraction of sp³-hybridized carbons (Fsp3) is 0.529. The van der Waals surface area contributed by atoms with Crippen molar-refractivity contribution in [2.45, 2.75) is 43.8 Å². The standard InChI is InChI=1S/C5H5.2C4H7O.C4H9.Ti/c1-2-4-5-3-1;2*1-2-3-4-5;1-3-4-2;/h1-3H,4H2;2*2H,1,3-4H2;1,3-4H2,2H3;/q;2*-1;;+2. The molecule has 0 unspecified atom stereocenters. The van der Waals surface area contributed by atoms with Gasteiger partial charge in [-0.05, 0) is 0 Å². The molecular weight excluding hydrogens is 284 g/mol. The van der Waals surface area contributed by atoms with Crippen LogP contribution in [0.2, 0.25) is 4.73 Å². The van der Waals surface area contributed by atoms with Crippen LogP contribution in [-0.4, -0.2) is 13.2 Å². The molecule has 0 aliphatic heterocycles. The van der Waals surface area contributed by atoms with Gasteiger partial charge < -0.3 is 10.2 Å². The minimum absolute atomic E-state index is 0.0243. The van der Waals surface area contributed by atoms with E-state index in [1.165, 1.54) is 24.0 Å². The maximum atomic E-state index is 9.46. The second kappa shape index (κ2) is 20.9. The summed E-state index contributed by atoms with van der Waals surface area (Å²) in [7, 11) is 0. The van der Waals surface area contributed by atoms with Gasteiger partial charge >= 0.3 is 72.2 Å². The zero-order valence-corrected chi connectivity index (χ0v) is 14.3. The third kappa shape index (κ3) is 19.9. The normalized spacial score (nSPS) is 11.2. The number of rotatable bonds is 8. The zero-order chi connectivity index (χ0) is 15.5. The molecule has 0 fully saturated rings. The Morgan fingerprint density at radius 3 is 2.10 bits per heavy atom. The number of unbranched alkanes of at least 4 members (excludes halogenated alkanes) is 1. The molecule has 3 heteroatoms. The summed E-state index contributed by atoms with van der Waals surface area (Å²) < 4.78 is 3.25. The molecule has 112 valence electrons. The van der Waals surface area contributed by atoms with Crippen LogP contribution in [0.15, 0.2) is 47.4 Å². The van der Waals surface area contributed by atoms with Crippen LogP contribution in [0.4, 0.5) is 0 Å². The molecule has 1 aliphatic rings. The van der Waals surface area contributed by atoms with Crippen molar-refractivity contribution in [3.8, 4) is 0 Å². The Bertz CT molecular complexity index is 260. The molecule has 0 amide bonds. The first-order valence-corrected chi connectivity index (χ1v) is 9.12. The molecule has 0 aromatic rings. The molecule has 0 radical (unpaired) electrons. The quantitative estimate of drug-likeness (QED) is 0.393. The third-order valence-electron chi connectivity index (χ3n) is 2.30. The van der Waals surface area contributed by atoms with E-state index in [0.29, 0.717) is 12.8 Å². The maximum absolute atomic E-state index is 9.46. The van der Waals surface area contributed by atoms with Gasteiger partial charge in [-0.2, -0.15) is 0 Å². The fourth-order valence-electron chi connectivity index (χ4n) is 1.17. The zero-order valence-electron chi connectivity index (χ0n) is 12.8. The third-order valence-corrected chi connectivity index (χ3v) is 4.53. The summed E-state index contributed by atoms with van der Waals surface area (Å²) in [5, 5.41) is 18.9. The SMILES string of the molecule is C=CCC[O-].C=CCC[O-].CCC[CH2][Ti+2][C]1=CC=CC1. The topological polar surface area (TPSA) is 46.1 Å². The van der Waals surface area contributed by atoms with Crippen molar-refractivity contribution >= 4 is 0 Å². The fourth-order valence-corrected chi connectivity index (χ4v) is 3.24. The van der Waals surface area contributed by atoms with Gasteiger partial charge in [-0.25, -0.2) is 0 Å². The van der Waals surface area contributed by atoms with Gasteiger partial charge in [0.1, 0.15) is 0 Å². The van der Waals surface area contributed by atoms with Gasteiger partial charge in [0, 0.05) is 0 Å². The molecular formula is C17H28O2Ti. The van der Waals surface area contributed by atoms with Gasteiger partial charge in [0.25, 0.3) is 0 Å². The van der Waals surface area contributed by atoms with Gasteiger partial charge in [0.05, 0.1) is 0 Å². The number of hydrogen-bond donors (Lipinski definition) is 0. The molecule has 0 atom stereocenters. The van der Waals surface area contributed by atoms with Gasteiger partial charge in [-0.3, -0.25) is 0 Å². The molecule has 0 saturated carbocycles. The summed E-state index contributed by atoms with van der Waals surface area (Å²) in [4.78, 5) is 0. The Hall–Kier alpha value is -0.406. The number of allylic oxidation sites excluding steroid dienone is 4. The van der Waals surface area contributed by atoms with E-state index in [9.17, 15) is 10.2 Å². The second-order valence-electron chi connectivity index (χ2n) is 4.17. The van der Waals surface area contributed by atoms with E-state index in [2.05, 4.69) is 38.3 Å². The van der Waals surface area contributed by atoms with Crippen LogP contribution < -0.4 is 10.2 Å². The van der Waals surface area contributed by atoms with Crippen LogP contribution >= 0.6 is 0 Å². The van der Waals surface area contributed by atoms with Crippen LogP contribution in [0, 0.1) is 0 Å². The molecule has 1 aliphatic carbocycles. The molecule has 0 saturated heterocycles. The van der Waals surface area contributed by atoms with E-state index < -0.39 is 0 Å². The van der Waals surface area contributed by atoms with Crippen LogP contribution in [0.1, 0.15) is 39.0 Å². The van der Waals surface area contributed by atoms with Gasteiger partial charge in [-0.1, -0.05) is 25.0 Å². The van der Waals surface area contributed by atoms with Crippen LogP contribution in [-0.2, 0) is 19.2 Å². The van der Waals surface area contributed by atoms with Crippen molar-refractivity contribution in [1.82, 2.24) is 0 Å².